The predicted octanol–water partition coefficient (Wildman–Crippen LogP) is 4.24. The SMILES string of the molecule is O=C(N1Cc2cc(Cl)c(N3CCOCC3)cc2C1)C12CC3CC(CC(C3)C1)C2. The highest BCUT2D eigenvalue weighted by molar-refractivity contribution is 6.33. The molecule has 5 heteroatoms. The van der Waals surface area contributed by atoms with Crippen LogP contribution >= 0.6 is 11.6 Å². The lowest BCUT2D eigenvalue weighted by atomic mass is 9.49. The maximum Gasteiger partial charge on any atom is 0.229 e. The van der Waals surface area contributed by atoms with Gasteiger partial charge < -0.3 is 14.5 Å². The zero-order chi connectivity index (χ0) is 18.9. The van der Waals surface area contributed by atoms with Crippen LogP contribution in [0.3, 0.4) is 0 Å². The van der Waals surface area contributed by atoms with E-state index in [1.54, 1.807) is 0 Å². The van der Waals surface area contributed by atoms with Crippen LogP contribution in [0.4, 0.5) is 5.69 Å². The fraction of sp³-hybridized carbons (Fsp3) is 0.696. The van der Waals surface area contributed by atoms with Crippen LogP contribution in [0.1, 0.15) is 49.7 Å². The first kappa shape index (κ1) is 17.6. The summed E-state index contributed by atoms with van der Waals surface area (Å²) in [7, 11) is 0. The van der Waals surface area contributed by atoms with Crippen molar-refractivity contribution in [3.05, 3.63) is 28.3 Å². The average molecular weight is 401 g/mol. The highest BCUT2D eigenvalue weighted by Crippen LogP contribution is 2.60. The molecule has 7 rings (SSSR count). The van der Waals surface area contributed by atoms with Crippen molar-refractivity contribution in [2.45, 2.75) is 51.6 Å². The van der Waals surface area contributed by atoms with Gasteiger partial charge in [0.15, 0.2) is 0 Å². The molecule has 4 aliphatic carbocycles. The molecule has 1 saturated heterocycles. The van der Waals surface area contributed by atoms with Gasteiger partial charge in [0.05, 0.1) is 29.3 Å². The highest BCUT2D eigenvalue weighted by atomic mass is 35.5. The topological polar surface area (TPSA) is 32.8 Å². The van der Waals surface area contributed by atoms with E-state index in [1.165, 1.54) is 30.4 Å². The summed E-state index contributed by atoms with van der Waals surface area (Å²) in [5.74, 6) is 2.86. The van der Waals surface area contributed by atoms with Gasteiger partial charge >= 0.3 is 0 Å². The van der Waals surface area contributed by atoms with Crippen molar-refractivity contribution in [2.24, 2.45) is 23.2 Å². The number of amides is 1. The fourth-order valence-corrected chi connectivity index (χ4v) is 7.61. The third kappa shape index (κ3) is 2.71. The number of morpholine rings is 1. The van der Waals surface area contributed by atoms with Crippen molar-refractivity contribution in [1.29, 1.82) is 0 Å². The van der Waals surface area contributed by atoms with E-state index in [4.69, 9.17) is 16.3 Å². The van der Waals surface area contributed by atoms with Gasteiger partial charge in [-0.15, -0.1) is 0 Å². The Morgan fingerprint density at radius 1 is 0.964 bits per heavy atom. The number of fused-ring (bicyclic) bond motifs is 1. The third-order valence-corrected chi connectivity index (χ3v) is 8.43. The molecule has 150 valence electrons. The van der Waals surface area contributed by atoms with E-state index in [9.17, 15) is 4.79 Å². The van der Waals surface area contributed by atoms with Crippen molar-refractivity contribution in [3.63, 3.8) is 0 Å². The molecule has 6 aliphatic rings. The van der Waals surface area contributed by atoms with E-state index in [0.717, 1.165) is 87.1 Å². The monoisotopic (exact) mass is 400 g/mol. The van der Waals surface area contributed by atoms with Crippen LogP contribution in [-0.4, -0.2) is 37.1 Å². The molecule has 28 heavy (non-hydrogen) atoms. The maximum atomic E-state index is 13.7. The summed E-state index contributed by atoms with van der Waals surface area (Å²) in [6.07, 6.45) is 7.57. The molecule has 0 unspecified atom stereocenters. The lowest BCUT2D eigenvalue weighted by Gasteiger charge is -2.56. The first-order valence-corrected chi connectivity index (χ1v) is 11.4. The Hall–Kier alpha value is -1.26. The maximum absolute atomic E-state index is 13.7. The lowest BCUT2D eigenvalue weighted by Crippen LogP contribution is -2.53. The van der Waals surface area contributed by atoms with Crippen LogP contribution in [0, 0.1) is 23.2 Å². The Bertz CT molecular complexity index is 782. The number of anilines is 1. The Labute approximate surface area is 172 Å². The minimum absolute atomic E-state index is 0.0480. The molecule has 4 bridgehead atoms. The minimum Gasteiger partial charge on any atom is -0.378 e. The summed E-state index contributed by atoms with van der Waals surface area (Å²) in [6, 6.07) is 4.34. The number of carbonyl (C=O) groups excluding carboxylic acids is 1. The van der Waals surface area contributed by atoms with Crippen molar-refractivity contribution in [1.82, 2.24) is 4.90 Å². The lowest BCUT2D eigenvalue weighted by molar-refractivity contribution is -0.158. The van der Waals surface area contributed by atoms with Crippen LogP contribution in [0.25, 0.3) is 0 Å². The van der Waals surface area contributed by atoms with E-state index in [1.807, 2.05) is 0 Å². The molecule has 0 N–H and O–H groups in total. The number of halogens is 1. The number of hydrogen-bond acceptors (Lipinski definition) is 3. The summed E-state index contributed by atoms with van der Waals surface area (Å²) in [4.78, 5) is 18.2. The molecule has 0 aromatic heterocycles. The molecule has 1 aromatic carbocycles. The van der Waals surface area contributed by atoms with Gasteiger partial charge in [-0.3, -0.25) is 4.79 Å². The summed E-state index contributed by atoms with van der Waals surface area (Å²) < 4.78 is 5.48. The summed E-state index contributed by atoms with van der Waals surface area (Å²) >= 11 is 6.64. The van der Waals surface area contributed by atoms with Crippen molar-refractivity contribution in [2.75, 3.05) is 31.2 Å². The average Bonchev–Trinajstić information content (AvgIpc) is 3.09. The number of ether oxygens (including phenoxy) is 1. The zero-order valence-electron chi connectivity index (χ0n) is 16.5. The molecule has 0 atom stereocenters. The Balaban J connectivity index is 1.24. The van der Waals surface area contributed by atoms with Gasteiger partial charge in [-0.05, 0) is 79.5 Å². The van der Waals surface area contributed by atoms with Gasteiger partial charge in [0.25, 0.3) is 0 Å². The standard InChI is InChI=1S/C23H29ClN2O2/c24-20-8-18-13-26(14-19(18)9-21(20)25-1-3-28-4-2-25)22(27)23-10-15-5-16(11-23)7-17(6-15)12-23/h8-9,15-17H,1-7,10-14H2. The van der Waals surface area contributed by atoms with Crippen LogP contribution in [0.2, 0.25) is 5.02 Å². The quantitative estimate of drug-likeness (QED) is 0.744. The summed E-state index contributed by atoms with van der Waals surface area (Å²) in [6.45, 7) is 4.76. The number of carbonyl (C=O) groups is 1. The van der Waals surface area contributed by atoms with E-state index < -0.39 is 0 Å². The first-order valence-electron chi connectivity index (χ1n) is 11.0. The molecule has 2 aliphatic heterocycles. The summed E-state index contributed by atoms with van der Waals surface area (Å²) in [5, 5.41) is 0.810. The third-order valence-electron chi connectivity index (χ3n) is 8.12. The van der Waals surface area contributed by atoms with Crippen molar-refractivity contribution in [3.8, 4) is 0 Å². The molecular formula is C23H29ClN2O2. The van der Waals surface area contributed by atoms with E-state index in [0.29, 0.717) is 5.91 Å². The molecule has 5 fully saturated rings. The largest absolute Gasteiger partial charge is 0.378 e. The van der Waals surface area contributed by atoms with E-state index in [-0.39, 0.29) is 5.41 Å². The summed E-state index contributed by atoms with van der Waals surface area (Å²) in [5.41, 5.74) is 3.57. The van der Waals surface area contributed by atoms with Crippen LogP contribution < -0.4 is 4.90 Å². The van der Waals surface area contributed by atoms with Crippen molar-refractivity contribution < 1.29 is 9.53 Å². The van der Waals surface area contributed by atoms with Gasteiger partial charge in [-0.2, -0.15) is 0 Å². The minimum atomic E-state index is -0.0480. The molecule has 2 heterocycles. The second-order valence-corrected chi connectivity index (χ2v) is 10.4. The zero-order valence-corrected chi connectivity index (χ0v) is 17.2. The van der Waals surface area contributed by atoms with E-state index >= 15 is 0 Å². The smallest absolute Gasteiger partial charge is 0.229 e. The van der Waals surface area contributed by atoms with Crippen LogP contribution in [-0.2, 0) is 22.6 Å². The number of nitrogens with zero attached hydrogens (tertiary/aromatic N) is 2. The Kier molecular flexibility index (Phi) is 4.00. The first-order chi connectivity index (χ1) is 13.6. The molecule has 1 amide bonds. The number of benzene rings is 1. The fourth-order valence-electron chi connectivity index (χ4n) is 7.31. The molecule has 4 saturated carbocycles. The Morgan fingerprint density at radius 2 is 1.54 bits per heavy atom. The van der Waals surface area contributed by atoms with Gasteiger partial charge in [-0.1, -0.05) is 11.6 Å². The molecular weight excluding hydrogens is 372 g/mol. The number of hydrogen-bond donors (Lipinski definition) is 0. The van der Waals surface area contributed by atoms with Crippen LogP contribution in [0.15, 0.2) is 12.1 Å². The van der Waals surface area contributed by atoms with Gasteiger partial charge in [0.2, 0.25) is 5.91 Å². The molecule has 0 radical (unpaired) electrons. The molecule has 0 spiro atoms. The van der Waals surface area contributed by atoms with Gasteiger partial charge in [-0.25, -0.2) is 0 Å². The molecule has 1 aromatic rings. The van der Waals surface area contributed by atoms with Crippen molar-refractivity contribution >= 4 is 23.2 Å². The van der Waals surface area contributed by atoms with E-state index in [2.05, 4.69) is 21.9 Å². The van der Waals surface area contributed by atoms with Gasteiger partial charge in [0.1, 0.15) is 0 Å². The predicted molar refractivity (Wildman–Crippen MR) is 109 cm³/mol. The molecule has 4 nitrogen and oxygen atoms in total. The number of rotatable bonds is 2. The van der Waals surface area contributed by atoms with Crippen LogP contribution in [0.5, 0.6) is 0 Å². The van der Waals surface area contributed by atoms with Gasteiger partial charge in [0, 0.05) is 26.2 Å². The normalized spacial score (nSPS) is 36.1. The Morgan fingerprint density at radius 3 is 2.14 bits per heavy atom. The second-order valence-electron chi connectivity index (χ2n) is 10.0. The highest BCUT2D eigenvalue weighted by Gasteiger charge is 2.55. The second kappa shape index (κ2) is 6.37.